The van der Waals surface area contributed by atoms with Crippen LogP contribution >= 0.6 is 22.6 Å². The number of carbonyl (C=O) groups is 1. The molecule has 0 fully saturated rings. The first-order chi connectivity index (χ1) is 11.9. The number of alkyl halides is 3. The number of hydrogen-bond acceptors (Lipinski definition) is 3. The van der Waals surface area contributed by atoms with E-state index in [9.17, 15) is 22.4 Å². The lowest BCUT2D eigenvalue weighted by molar-refractivity contribution is -0.137. The molecular formula is C16H13F4IN4O. The Hall–Kier alpha value is -2.16. The molecule has 26 heavy (non-hydrogen) atoms. The number of aromatic nitrogens is 2. The van der Waals surface area contributed by atoms with Crippen molar-refractivity contribution in [2.45, 2.75) is 26.6 Å². The van der Waals surface area contributed by atoms with Crippen LogP contribution in [0, 0.1) is 26.1 Å². The minimum Gasteiger partial charge on any atom is -0.325 e. The molecule has 0 saturated heterocycles. The normalized spacial score (nSPS) is 11.9. The second-order valence-corrected chi connectivity index (χ2v) is 7.34. The topological polar surface area (TPSA) is 70.7 Å². The number of hydrogen-bond donors (Lipinski definition) is 1. The van der Waals surface area contributed by atoms with Crippen molar-refractivity contribution in [3.8, 4) is 6.07 Å². The summed E-state index contributed by atoms with van der Waals surface area (Å²) in [6, 6.07) is 3.31. The Labute approximate surface area is 160 Å². The van der Waals surface area contributed by atoms with Crippen molar-refractivity contribution in [2.24, 2.45) is 5.41 Å². The summed E-state index contributed by atoms with van der Waals surface area (Å²) in [4.78, 5) is 12.5. The van der Waals surface area contributed by atoms with E-state index in [0.29, 0.717) is 3.57 Å². The van der Waals surface area contributed by atoms with Crippen LogP contribution in [0.3, 0.4) is 0 Å². The number of nitrogens with zero attached hydrogens (tertiary/aromatic N) is 3. The molecule has 1 N–H and O–H groups in total. The van der Waals surface area contributed by atoms with Crippen molar-refractivity contribution in [2.75, 3.05) is 5.32 Å². The lowest BCUT2D eigenvalue weighted by Gasteiger charge is -2.24. The third kappa shape index (κ3) is 4.51. The summed E-state index contributed by atoms with van der Waals surface area (Å²) in [6.07, 6.45) is -2.62. The van der Waals surface area contributed by atoms with Gasteiger partial charge in [0, 0.05) is 3.57 Å². The summed E-state index contributed by atoms with van der Waals surface area (Å²) >= 11 is 1.74. The minimum atomic E-state index is -4.73. The molecule has 0 aliphatic carbocycles. The fourth-order valence-electron chi connectivity index (χ4n) is 2.19. The number of amides is 1. The average Bonchev–Trinajstić information content (AvgIpc) is 2.91. The number of rotatable bonds is 4. The SMILES string of the molecule is CC(C)(Cn1cc(F)cn1)C(=O)Nc1cc(C(F)(F)F)c(C#N)cc1I. The van der Waals surface area contributed by atoms with Gasteiger partial charge in [-0.25, -0.2) is 4.39 Å². The van der Waals surface area contributed by atoms with Crippen molar-refractivity contribution in [3.05, 3.63) is 45.0 Å². The van der Waals surface area contributed by atoms with E-state index in [4.69, 9.17) is 5.26 Å². The highest BCUT2D eigenvalue weighted by Crippen LogP contribution is 2.36. The van der Waals surface area contributed by atoms with E-state index >= 15 is 0 Å². The predicted molar refractivity (Wildman–Crippen MR) is 93.5 cm³/mol. The Morgan fingerprint density at radius 3 is 2.54 bits per heavy atom. The molecule has 1 heterocycles. The van der Waals surface area contributed by atoms with Gasteiger partial charge in [-0.15, -0.1) is 0 Å². The second kappa shape index (κ2) is 7.22. The summed E-state index contributed by atoms with van der Waals surface area (Å²) < 4.78 is 53.8. The highest BCUT2D eigenvalue weighted by Gasteiger charge is 2.35. The van der Waals surface area contributed by atoms with Crippen LogP contribution in [0.1, 0.15) is 25.0 Å². The molecule has 0 atom stereocenters. The first kappa shape index (κ1) is 20.2. The highest BCUT2D eigenvalue weighted by atomic mass is 127. The van der Waals surface area contributed by atoms with E-state index in [1.807, 2.05) is 0 Å². The summed E-state index contributed by atoms with van der Waals surface area (Å²) in [6.45, 7) is 3.15. The number of anilines is 1. The molecule has 1 amide bonds. The Balaban J connectivity index is 2.29. The maximum atomic E-state index is 13.1. The lowest BCUT2D eigenvalue weighted by Crippen LogP contribution is -2.35. The van der Waals surface area contributed by atoms with Crippen molar-refractivity contribution in [3.63, 3.8) is 0 Å². The molecule has 10 heteroatoms. The van der Waals surface area contributed by atoms with Crippen LogP contribution in [0.25, 0.3) is 0 Å². The lowest BCUT2D eigenvalue weighted by atomic mass is 9.92. The van der Waals surface area contributed by atoms with E-state index in [-0.39, 0.29) is 12.2 Å². The van der Waals surface area contributed by atoms with Gasteiger partial charge in [-0.1, -0.05) is 0 Å². The third-order valence-corrected chi connectivity index (χ3v) is 4.45. The van der Waals surface area contributed by atoms with E-state index in [1.165, 1.54) is 10.8 Å². The predicted octanol–water partition coefficient (Wildman–Crippen LogP) is 4.18. The molecule has 5 nitrogen and oxygen atoms in total. The molecule has 0 radical (unpaired) electrons. The van der Waals surface area contributed by atoms with Crippen LogP contribution in [-0.2, 0) is 17.5 Å². The van der Waals surface area contributed by atoms with Crippen molar-refractivity contribution in [1.82, 2.24) is 9.78 Å². The van der Waals surface area contributed by atoms with Crippen LogP contribution in [-0.4, -0.2) is 15.7 Å². The van der Waals surface area contributed by atoms with E-state index in [0.717, 1.165) is 24.5 Å². The summed E-state index contributed by atoms with van der Waals surface area (Å²) in [5, 5.41) is 15.1. The average molecular weight is 480 g/mol. The molecule has 0 aliphatic heterocycles. The number of nitriles is 1. The zero-order valence-corrected chi connectivity index (χ0v) is 15.8. The Morgan fingerprint density at radius 2 is 2.04 bits per heavy atom. The van der Waals surface area contributed by atoms with Crippen molar-refractivity contribution in [1.29, 1.82) is 5.26 Å². The molecule has 0 saturated carbocycles. The van der Waals surface area contributed by atoms with E-state index < -0.39 is 34.4 Å². The molecule has 0 unspecified atom stereocenters. The monoisotopic (exact) mass is 480 g/mol. The molecule has 2 aromatic rings. The van der Waals surface area contributed by atoms with E-state index in [1.54, 1.807) is 36.4 Å². The number of halogens is 5. The van der Waals surface area contributed by atoms with Crippen LogP contribution in [0.5, 0.6) is 0 Å². The second-order valence-electron chi connectivity index (χ2n) is 6.18. The first-order valence-electron chi connectivity index (χ1n) is 7.24. The highest BCUT2D eigenvalue weighted by molar-refractivity contribution is 14.1. The van der Waals surface area contributed by atoms with Gasteiger partial charge in [0.1, 0.15) is 0 Å². The zero-order chi connectivity index (χ0) is 19.7. The van der Waals surface area contributed by atoms with Gasteiger partial charge in [0.15, 0.2) is 5.82 Å². The Bertz CT molecular complexity index is 883. The Morgan fingerprint density at radius 1 is 1.38 bits per heavy atom. The Kier molecular flexibility index (Phi) is 5.60. The van der Waals surface area contributed by atoms with Crippen LogP contribution < -0.4 is 5.32 Å². The van der Waals surface area contributed by atoms with Gasteiger partial charge in [-0.3, -0.25) is 9.48 Å². The fraction of sp³-hybridized carbons (Fsp3) is 0.312. The quantitative estimate of drug-likeness (QED) is 0.528. The molecule has 0 bridgehead atoms. The number of carbonyl (C=O) groups excluding carboxylic acids is 1. The maximum absolute atomic E-state index is 13.1. The van der Waals surface area contributed by atoms with Gasteiger partial charge in [-0.2, -0.15) is 23.5 Å². The largest absolute Gasteiger partial charge is 0.417 e. The standard InChI is InChI=1S/C16H13F4IN4O/c1-15(2,8-25-7-10(17)6-23-25)14(26)24-13-4-11(16(18,19)20)9(5-22)3-12(13)21/h3-4,6-7H,8H2,1-2H3,(H,24,26). The van der Waals surface area contributed by atoms with Crippen molar-refractivity contribution >= 4 is 34.2 Å². The van der Waals surface area contributed by atoms with Crippen LogP contribution in [0.15, 0.2) is 24.5 Å². The van der Waals surface area contributed by atoms with Gasteiger partial charge in [0.2, 0.25) is 5.91 Å². The van der Waals surface area contributed by atoms with Crippen LogP contribution in [0.4, 0.5) is 23.2 Å². The molecule has 0 spiro atoms. The van der Waals surface area contributed by atoms with Gasteiger partial charge in [0.25, 0.3) is 0 Å². The smallest absolute Gasteiger partial charge is 0.325 e. The maximum Gasteiger partial charge on any atom is 0.417 e. The molecule has 1 aromatic carbocycles. The molecule has 1 aromatic heterocycles. The van der Waals surface area contributed by atoms with Gasteiger partial charge < -0.3 is 5.32 Å². The summed E-state index contributed by atoms with van der Waals surface area (Å²) in [5.41, 5.74) is -2.77. The summed E-state index contributed by atoms with van der Waals surface area (Å²) in [7, 11) is 0. The fourth-order valence-corrected chi connectivity index (χ4v) is 2.79. The van der Waals surface area contributed by atoms with Crippen molar-refractivity contribution < 1.29 is 22.4 Å². The first-order valence-corrected chi connectivity index (χ1v) is 8.32. The third-order valence-electron chi connectivity index (χ3n) is 3.55. The number of benzene rings is 1. The molecule has 2 rings (SSSR count). The van der Waals surface area contributed by atoms with Gasteiger partial charge in [-0.05, 0) is 48.6 Å². The van der Waals surface area contributed by atoms with Crippen LogP contribution in [0.2, 0.25) is 0 Å². The van der Waals surface area contributed by atoms with E-state index in [2.05, 4.69) is 10.4 Å². The molecular weight excluding hydrogens is 467 g/mol. The van der Waals surface area contributed by atoms with Gasteiger partial charge in [0.05, 0.1) is 47.2 Å². The summed E-state index contributed by atoms with van der Waals surface area (Å²) in [5.74, 6) is -1.12. The molecule has 138 valence electrons. The number of nitrogens with one attached hydrogen (secondary N) is 1. The van der Waals surface area contributed by atoms with Gasteiger partial charge >= 0.3 is 6.18 Å². The minimum absolute atomic E-state index is 0.0295. The molecule has 0 aliphatic rings. The zero-order valence-electron chi connectivity index (χ0n) is 13.7.